The minimum atomic E-state index is -1.72. The van der Waals surface area contributed by atoms with Crippen LogP contribution in [0.2, 0.25) is 0 Å². The molecule has 0 aromatic rings. The molecule has 1 saturated carbocycles. The van der Waals surface area contributed by atoms with Gasteiger partial charge >= 0.3 is 0 Å². The molecule has 1 aliphatic heterocycles. The first-order valence-electron chi connectivity index (χ1n) is 7.37. The van der Waals surface area contributed by atoms with Crippen molar-refractivity contribution in [1.29, 1.82) is 0 Å². The summed E-state index contributed by atoms with van der Waals surface area (Å²) in [7, 11) is 0. The molecular formula is C13H24O10. The number of rotatable bonds is 5. The number of hydrogen-bond donors (Lipinski definition) is 8. The van der Waals surface area contributed by atoms with E-state index in [4.69, 9.17) is 14.6 Å². The lowest BCUT2D eigenvalue weighted by Gasteiger charge is -2.43. The Kier molecular flexibility index (Phi) is 5.95. The van der Waals surface area contributed by atoms with Gasteiger partial charge in [-0.3, -0.25) is 0 Å². The molecule has 136 valence electrons. The van der Waals surface area contributed by atoms with E-state index in [0.717, 1.165) is 0 Å². The van der Waals surface area contributed by atoms with Crippen LogP contribution in [0.4, 0.5) is 0 Å². The van der Waals surface area contributed by atoms with E-state index < -0.39 is 74.3 Å². The van der Waals surface area contributed by atoms with E-state index in [1.165, 1.54) is 0 Å². The van der Waals surface area contributed by atoms with Crippen LogP contribution in [0.5, 0.6) is 0 Å². The monoisotopic (exact) mass is 340 g/mol. The second-order valence-corrected chi connectivity index (χ2v) is 6.12. The largest absolute Gasteiger partial charge is 0.396 e. The molecule has 10 heteroatoms. The summed E-state index contributed by atoms with van der Waals surface area (Å²) in [6.07, 6.45) is -10.7. The molecule has 0 aromatic carbocycles. The van der Waals surface area contributed by atoms with Crippen molar-refractivity contribution in [1.82, 2.24) is 0 Å². The van der Waals surface area contributed by atoms with E-state index in [0.29, 0.717) is 0 Å². The summed E-state index contributed by atoms with van der Waals surface area (Å²) in [4.78, 5) is 0. The smallest absolute Gasteiger partial charge is 0.187 e. The maximum Gasteiger partial charge on any atom is 0.187 e. The van der Waals surface area contributed by atoms with Crippen LogP contribution < -0.4 is 0 Å². The fraction of sp³-hybridized carbons (Fsp3) is 1.00. The normalized spacial score (nSPS) is 51.1. The van der Waals surface area contributed by atoms with Crippen molar-refractivity contribution >= 4 is 0 Å². The molecule has 23 heavy (non-hydrogen) atoms. The van der Waals surface area contributed by atoms with Gasteiger partial charge in [-0.1, -0.05) is 0 Å². The van der Waals surface area contributed by atoms with Gasteiger partial charge in [0.25, 0.3) is 0 Å². The molecule has 2 aliphatic rings. The number of aliphatic hydroxyl groups is 8. The molecule has 0 spiro atoms. The van der Waals surface area contributed by atoms with Crippen LogP contribution in [0.25, 0.3) is 0 Å². The van der Waals surface area contributed by atoms with Gasteiger partial charge in [0.15, 0.2) is 6.29 Å². The predicted molar refractivity (Wildman–Crippen MR) is 71.9 cm³/mol. The summed E-state index contributed by atoms with van der Waals surface area (Å²) in [6, 6.07) is 0. The number of aliphatic hydroxyl groups excluding tert-OH is 8. The number of ether oxygens (including phenoxy) is 2. The first-order chi connectivity index (χ1) is 10.8. The van der Waals surface area contributed by atoms with Gasteiger partial charge in [0.1, 0.15) is 36.1 Å². The molecule has 0 bridgehead atoms. The second-order valence-electron chi connectivity index (χ2n) is 6.12. The maximum absolute atomic E-state index is 10.1. The molecule has 8 N–H and O–H groups in total. The van der Waals surface area contributed by atoms with Gasteiger partial charge < -0.3 is 50.3 Å². The van der Waals surface area contributed by atoms with Gasteiger partial charge in [-0.05, 0) is 6.42 Å². The van der Waals surface area contributed by atoms with Crippen molar-refractivity contribution in [2.45, 2.75) is 54.9 Å². The average Bonchev–Trinajstić information content (AvgIpc) is 2.80. The summed E-state index contributed by atoms with van der Waals surface area (Å²) < 4.78 is 10.6. The Balaban J connectivity index is 2.18. The van der Waals surface area contributed by atoms with Gasteiger partial charge in [-0.25, -0.2) is 0 Å². The summed E-state index contributed by atoms with van der Waals surface area (Å²) in [5, 5.41) is 77.3. The first-order valence-corrected chi connectivity index (χ1v) is 7.37. The molecule has 1 heterocycles. The third-order valence-corrected chi connectivity index (χ3v) is 4.65. The molecule has 9 atom stereocenters. The van der Waals surface area contributed by atoms with Crippen LogP contribution >= 0.6 is 0 Å². The lowest BCUT2D eigenvalue weighted by molar-refractivity contribution is -0.338. The zero-order valence-electron chi connectivity index (χ0n) is 12.3. The Morgan fingerprint density at radius 1 is 0.870 bits per heavy atom. The molecule has 2 rings (SSSR count). The van der Waals surface area contributed by atoms with Gasteiger partial charge in [0.05, 0.1) is 19.3 Å². The van der Waals surface area contributed by atoms with Gasteiger partial charge in [0, 0.05) is 12.5 Å². The van der Waals surface area contributed by atoms with Crippen molar-refractivity contribution in [3.05, 3.63) is 0 Å². The Morgan fingerprint density at radius 3 is 2.00 bits per heavy atom. The van der Waals surface area contributed by atoms with E-state index in [1.807, 2.05) is 0 Å². The molecule has 0 amide bonds. The highest BCUT2D eigenvalue weighted by Crippen LogP contribution is 2.40. The van der Waals surface area contributed by atoms with Crippen LogP contribution in [-0.2, 0) is 9.47 Å². The zero-order valence-corrected chi connectivity index (χ0v) is 12.3. The van der Waals surface area contributed by atoms with Crippen molar-refractivity contribution in [3.63, 3.8) is 0 Å². The first kappa shape index (κ1) is 18.9. The highest BCUT2D eigenvalue weighted by atomic mass is 16.7. The minimum Gasteiger partial charge on any atom is -0.396 e. The summed E-state index contributed by atoms with van der Waals surface area (Å²) in [5.41, 5.74) is -1.72. The van der Waals surface area contributed by atoms with Crippen LogP contribution in [0.1, 0.15) is 6.42 Å². The SMILES string of the molecule is OCC1O[C@H](O[C@]2(CO)C[C@H](CO)[C@H](O)C2O)C(O)[C@H](O)[C@@H]1O. The molecule has 10 nitrogen and oxygen atoms in total. The van der Waals surface area contributed by atoms with E-state index in [-0.39, 0.29) is 6.42 Å². The number of hydrogen-bond acceptors (Lipinski definition) is 10. The van der Waals surface area contributed by atoms with E-state index in [1.54, 1.807) is 0 Å². The van der Waals surface area contributed by atoms with E-state index in [9.17, 15) is 35.7 Å². The van der Waals surface area contributed by atoms with Gasteiger partial charge in [-0.15, -0.1) is 0 Å². The standard InChI is InChI=1S/C13H24O10/c14-2-5-1-13(4-16,11(21)7(5)17)23-12-10(20)9(19)8(18)6(3-15)22-12/h5-12,14-21H,1-4H2/t5-,6?,7+,8-,9-,10?,11?,12-,13+/m1/s1. The fourth-order valence-corrected chi connectivity index (χ4v) is 3.14. The highest BCUT2D eigenvalue weighted by molar-refractivity contribution is 5.04. The molecule has 2 fully saturated rings. The highest BCUT2D eigenvalue weighted by Gasteiger charge is 2.56. The van der Waals surface area contributed by atoms with Crippen molar-refractivity contribution < 1.29 is 50.3 Å². The van der Waals surface area contributed by atoms with Crippen molar-refractivity contribution in [3.8, 4) is 0 Å². The second kappa shape index (κ2) is 7.23. The molecule has 1 aliphatic carbocycles. The summed E-state index contributed by atoms with van der Waals surface area (Å²) in [5.74, 6) is -0.748. The van der Waals surface area contributed by atoms with Crippen LogP contribution in [0.3, 0.4) is 0 Å². The Morgan fingerprint density at radius 2 is 1.52 bits per heavy atom. The van der Waals surface area contributed by atoms with Gasteiger partial charge in [-0.2, -0.15) is 0 Å². The third-order valence-electron chi connectivity index (χ3n) is 4.65. The Bertz CT molecular complexity index is 393. The summed E-state index contributed by atoms with van der Waals surface area (Å²) >= 11 is 0. The van der Waals surface area contributed by atoms with Crippen molar-refractivity contribution in [2.75, 3.05) is 19.8 Å². The van der Waals surface area contributed by atoms with Gasteiger partial charge in [0.2, 0.25) is 0 Å². The average molecular weight is 340 g/mol. The third kappa shape index (κ3) is 3.24. The Labute approximate surface area is 132 Å². The molecule has 0 radical (unpaired) electrons. The minimum absolute atomic E-state index is 0.114. The van der Waals surface area contributed by atoms with Crippen molar-refractivity contribution in [2.24, 2.45) is 5.92 Å². The summed E-state index contributed by atoms with van der Waals surface area (Å²) in [6.45, 7) is -1.84. The molecule has 0 aromatic heterocycles. The lowest BCUT2D eigenvalue weighted by Crippen LogP contribution is -2.62. The topological polar surface area (TPSA) is 180 Å². The predicted octanol–water partition coefficient (Wildman–Crippen LogP) is -4.73. The zero-order chi connectivity index (χ0) is 17.4. The van der Waals surface area contributed by atoms with Crippen LogP contribution in [-0.4, -0.2) is 109 Å². The molecule has 1 saturated heterocycles. The van der Waals surface area contributed by atoms with Crippen LogP contribution in [0, 0.1) is 5.92 Å². The lowest BCUT2D eigenvalue weighted by atomic mass is 9.96. The fourth-order valence-electron chi connectivity index (χ4n) is 3.14. The van der Waals surface area contributed by atoms with Crippen LogP contribution in [0.15, 0.2) is 0 Å². The Hall–Kier alpha value is -0.400. The quantitative estimate of drug-likeness (QED) is 0.242. The van der Waals surface area contributed by atoms with E-state index >= 15 is 0 Å². The van der Waals surface area contributed by atoms with E-state index in [2.05, 4.69) is 0 Å². The molecular weight excluding hydrogens is 316 g/mol. The molecule has 3 unspecified atom stereocenters. The maximum atomic E-state index is 10.1.